The minimum absolute atomic E-state index is 0.00636. The summed E-state index contributed by atoms with van der Waals surface area (Å²) in [5.41, 5.74) is 0.626. The van der Waals surface area contributed by atoms with Crippen molar-refractivity contribution >= 4 is 41.2 Å². The topological polar surface area (TPSA) is 164 Å². The largest absolute Gasteiger partial charge is 0.523 e. The van der Waals surface area contributed by atoms with Crippen LogP contribution < -0.4 is 10.6 Å². The molecule has 0 radical (unpaired) electrons. The van der Waals surface area contributed by atoms with E-state index in [1.54, 1.807) is 27.7 Å². The minimum atomic E-state index is -0.737. The van der Waals surface area contributed by atoms with E-state index in [9.17, 15) is 19.2 Å². The summed E-state index contributed by atoms with van der Waals surface area (Å²) in [5, 5.41) is 5.32. The lowest BCUT2D eigenvalue weighted by Gasteiger charge is -2.31. The minimum Gasteiger partial charge on any atom is -0.444 e. The second kappa shape index (κ2) is 11.9. The van der Waals surface area contributed by atoms with Gasteiger partial charge in [-0.25, -0.2) is 29.3 Å². The number of aromatic nitrogens is 4. The number of ether oxygens (including phenoxy) is 3. The molecule has 3 heterocycles. The van der Waals surface area contributed by atoms with Crippen molar-refractivity contribution in [1.29, 1.82) is 0 Å². The smallest absolute Gasteiger partial charge is 0.444 e. The van der Waals surface area contributed by atoms with Gasteiger partial charge in [0, 0.05) is 6.42 Å². The number of likely N-dealkylation sites (tertiary alicyclic amines) is 1. The molecular formula is C27H34N7O7+. The number of benzene rings is 1. The highest BCUT2D eigenvalue weighted by atomic mass is 16.6. The molecule has 3 atom stereocenters. The Morgan fingerprint density at radius 1 is 1.07 bits per heavy atom. The van der Waals surface area contributed by atoms with Crippen molar-refractivity contribution in [2.24, 2.45) is 0 Å². The van der Waals surface area contributed by atoms with Gasteiger partial charge in [0.25, 0.3) is 0 Å². The van der Waals surface area contributed by atoms with Gasteiger partial charge in [-0.1, -0.05) is 30.3 Å². The molecule has 2 aromatic heterocycles. The van der Waals surface area contributed by atoms with Crippen LogP contribution in [-0.4, -0.2) is 79.5 Å². The fourth-order valence-corrected chi connectivity index (χ4v) is 4.86. The standard InChI is InChI=1S/C27H33N7O7/c1-17-11-19(31-25(37)41-27(2,3)4)13-34(17,26(38)39-5)20(35)12-33-16-30-21-22(28-15-29-23(21)33)32-24(36)40-14-18-9-7-6-8-10-18/h6-10,15-17,19H,11-14H2,1-5H3,(H-,28,29,31,32,36,37)/p+1/t17-,19+,34-/m1/s1. The molecule has 14 nitrogen and oxygen atoms in total. The molecule has 1 aliphatic heterocycles. The van der Waals surface area contributed by atoms with Gasteiger partial charge in [-0.05, 0) is 33.3 Å². The SMILES string of the molecule is COC(=O)[N@+]1(C(=O)Cn2cnc3c(NC(=O)OCc4ccccc4)ncnc32)C[C@@H](NC(=O)OC(C)(C)C)C[C@H]1C. The maximum absolute atomic E-state index is 13.8. The fraction of sp³-hybridized carbons (Fsp3) is 0.444. The van der Waals surface area contributed by atoms with Crippen LogP contribution in [0.5, 0.6) is 0 Å². The lowest BCUT2D eigenvalue weighted by atomic mass is 10.2. The van der Waals surface area contributed by atoms with Crippen LogP contribution in [0.15, 0.2) is 43.0 Å². The maximum Gasteiger partial charge on any atom is 0.523 e. The monoisotopic (exact) mass is 568 g/mol. The number of fused-ring (bicyclic) bond motifs is 1. The third-order valence-corrected chi connectivity index (χ3v) is 6.69. The highest BCUT2D eigenvalue weighted by Gasteiger charge is 2.57. The second-order valence-corrected chi connectivity index (χ2v) is 10.8. The number of imide groups is 1. The van der Waals surface area contributed by atoms with E-state index >= 15 is 0 Å². The van der Waals surface area contributed by atoms with Gasteiger partial charge in [0.05, 0.1) is 19.5 Å². The number of nitrogens with one attached hydrogen (secondary N) is 2. The highest BCUT2D eigenvalue weighted by molar-refractivity contribution is 5.93. The molecule has 14 heteroatoms. The molecule has 1 aromatic carbocycles. The van der Waals surface area contributed by atoms with E-state index in [4.69, 9.17) is 14.2 Å². The first-order valence-corrected chi connectivity index (χ1v) is 13.1. The molecular weight excluding hydrogens is 534 g/mol. The van der Waals surface area contributed by atoms with Crippen LogP contribution in [0.1, 0.15) is 39.7 Å². The molecule has 3 aromatic rings. The van der Waals surface area contributed by atoms with Crippen LogP contribution in [0.25, 0.3) is 11.2 Å². The van der Waals surface area contributed by atoms with Crippen molar-refractivity contribution < 1.29 is 37.9 Å². The van der Waals surface area contributed by atoms with Crippen LogP contribution in [-0.2, 0) is 32.2 Å². The third-order valence-electron chi connectivity index (χ3n) is 6.69. The number of carbonyl (C=O) groups is 4. The summed E-state index contributed by atoms with van der Waals surface area (Å²) in [5.74, 6) is -0.375. The number of anilines is 1. The summed E-state index contributed by atoms with van der Waals surface area (Å²) in [7, 11) is 1.21. The Morgan fingerprint density at radius 3 is 2.49 bits per heavy atom. The van der Waals surface area contributed by atoms with Gasteiger partial charge < -0.3 is 24.1 Å². The number of imidazole rings is 1. The van der Waals surface area contributed by atoms with Gasteiger partial charge in [-0.15, -0.1) is 0 Å². The zero-order valence-corrected chi connectivity index (χ0v) is 23.6. The summed E-state index contributed by atoms with van der Waals surface area (Å²) in [6.07, 6.45) is 0.852. The van der Waals surface area contributed by atoms with E-state index in [2.05, 4.69) is 25.6 Å². The first-order valence-electron chi connectivity index (χ1n) is 13.1. The number of quaternary nitrogens is 1. The molecule has 2 N–H and O–H groups in total. The van der Waals surface area contributed by atoms with E-state index < -0.39 is 46.4 Å². The molecule has 41 heavy (non-hydrogen) atoms. The lowest BCUT2D eigenvalue weighted by molar-refractivity contribution is -0.793. The number of hydrogen-bond acceptors (Lipinski definition) is 10. The maximum atomic E-state index is 13.8. The first-order chi connectivity index (χ1) is 19.4. The fourth-order valence-electron chi connectivity index (χ4n) is 4.86. The second-order valence-electron chi connectivity index (χ2n) is 10.8. The van der Waals surface area contributed by atoms with E-state index in [-0.39, 0.29) is 36.7 Å². The molecule has 4 rings (SSSR count). The molecule has 0 spiro atoms. The van der Waals surface area contributed by atoms with Crippen molar-refractivity contribution in [3.63, 3.8) is 0 Å². The normalized spacial score (nSPS) is 20.3. The Hall–Kier alpha value is -4.59. The predicted octanol–water partition coefficient (Wildman–Crippen LogP) is 3.37. The van der Waals surface area contributed by atoms with Crippen molar-refractivity contribution in [3.05, 3.63) is 48.5 Å². The van der Waals surface area contributed by atoms with Crippen LogP contribution in [0, 0.1) is 0 Å². The molecule has 0 bridgehead atoms. The Morgan fingerprint density at radius 2 is 1.80 bits per heavy atom. The number of rotatable bonds is 6. The molecule has 0 unspecified atom stereocenters. The van der Waals surface area contributed by atoms with E-state index in [0.717, 1.165) is 5.56 Å². The van der Waals surface area contributed by atoms with Crippen LogP contribution in [0.3, 0.4) is 0 Å². The molecule has 4 amide bonds. The Labute approximate surface area is 236 Å². The van der Waals surface area contributed by atoms with Crippen molar-refractivity contribution in [2.45, 2.75) is 65.0 Å². The average molecular weight is 569 g/mol. The number of nitrogens with zero attached hydrogens (tertiary/aromatic N) is 5. The summed E-state index contributed by atoms with van der Waals surface area (Å²) in [4.78, 5) is 64.2. The quantitative estimate of drug-likeness (QED) is 0.333. The first kappa shape index (κ1) is 29.4. The molecule has 1 saturated heterocycles. The van der Waals surface area contributed by atoms with Crippen molar-refractivity contribution in [1.82, 2.24) is 24.8 Å². The van der Waals surface area contributed by atoms with Crippen LogP contribution >= 0.6 is 0 Å². The lowest BCUT2D eigenvalue weighted by Crippen LogP contribution is -2.61. The molecule has 1 aliphatic rings. The molecule has 1 fully saturated rings. The summed E-state index contributed by atoms with van der Waals surface area (Å²) < 4.78 is 16.5. The number of amides is 4. The summed E-state index contributed by atoms with van der Waals surface area (Å²) in [6, 6.07) is 8.21. The van der Waals surface area contributed by atoms with Gasteiger partial charge in [0.1, 0.15) is 37.7 Å². The number of methoxy groups -OCH3 is 1. The van der Waals surface area contributed by atoms with E-state index in [0.29, 0.717) is 6.42 Å². The van der Waals surface area contributed by atoms with Gasteiger partial charge in [0.2, 0.25) is 0 Å². The molecule has 218 valence electrons. The summed E-state index contributed by atoms with van der Waals surface area (Å²) in [6.45, 7) is 6.78. The van der Waals surface area contributed by atoms with Gasteiger partial charge >= 0.3 is 24.2 Å². The molecule has 0 saturated carbocycles. The van der Waals surface area contributed by atoms with E-state index in [1.807, 2.05) is 30.3 Å². The van der Waals surface area contributed by atoms with Gasteiger partial charge in [0.15, 0.2) is 17.0 Å². The number of alkyl carbamates (subject to hydrolysis) is 1. The van der Waals surface area contributed by atoms with Gasteiger partial charge in [-0.3, -0.25) is 5.32 Å². The number of hydrogen-bond donors (Lipinski definition) is 2. The van der Waals surface area contributed by atoms with Crippen LogP contribution in [0.2, 0.25) is 0 Å². The van der Waals surface area contributed by atoms with E-state index in [1.165, 1.54) is 24.3 Å². The average Bonchev–Trinajstić information content (AvgIpc) is 3.47. The molecule has 0 aliphatic carbocycles. The Bertz CT molecular complexity index is 1440. The third kappa shape index (κ3) is 6.60. The predicted molar refractivity (Wildman–Crippen MR) is 145 cm³/mol. The number of carbonyl (C=O) groups excluding carboxylic acids is 4. The zero-order valence-electron chi connectivity index (χ0n) is 23.6. The van der Waals surface area contributed by atoms with Crippen molar-refractivity contribution in [3.8, 4) is 0 Å². The Kier molecular flexibility index (Phi) is 8.52. The highest BCUT2D eigenvalue weighted by Crippen LogP contribution is 2.30. The Balaban J connectivity index is 1.49. The van der Waals surface area contributed by atoms with Gasteiger partial charge in [-0.2, -0.15) is 9.28 Å². The van der Waals surface area contributed by atoms with Crippen LogP contribution in [0.4, 0.5) is 20.2 Å². The summed E-state index contributed by atoms with van der Waals surface area (Å²) >= 11 is 0. The zero-order chi connectivity index (χ0) is 29.8. The van der Waals surface area contributed by atoms with Crippen molar-refractivity contribution in [2.75, 3.05) is 19.0 Å².